The van der Waals surface area contributed by atoms with Gasteiger partial charge in [-0.3, -0.25) is 4.79 Å². The fraction of sp³-hybridized carbons (Fsp3) is 0.161. The van der Waals surface area contributed by atoms with E-state index in [0.717, 1.165) is 32.2 Å². The van der Waals surface area contributed by atoms with Crippen LogP contribution in [0.2, 0.25) is 0 Å². The van der Waals surface area contributed by atoms with Crippen LogP contribution in [0.25, 0.3) is 32.6 Å². The highest BCUT2D eigenvalue weighted by Gasteiger charge is 2.38. The van der Waals surface area contributed by atoms with Gasteiger partial charge in [0.25, 0.3) is 11.3 Å². The van der Waals surface area contributed by atoms with Crippen LogP contribution >= 0.6 is 11.3 Å². The Kier molecular flexibility index (Phi) is 7.60. The van der Waals surface area contributed by atoms with E-state index in [1.54, 1.807) is 11.3 Å². The van der Waals surface area contributed by atoms with Gasteiger partial charge in [-0.15, -0.1) is 10.2 Å². The van der Waals surface area contributed by atoms with Crippen molar-refractivity contribution in [1.29, 1.82) is 0 Å². The summed E-state index contributed by atoms with van der Waals surface area (Å²) in [6.45, 7) is 4.54. The van der Waals surface area contributed by atoms with E-state index in [1.165, 1.54) is 16.9 Å². The lowest BCUT2D eigenvalue weighted by Crippen LogP contribution is -2.68. The summed E-state index contributed by atoms with van der Waals surface area (Å²) < 4.78 is 38.0. The number of fused-ring (bicyclic) bond motifs is 4. The summed E-state index contributed by atoms with van der Waals surface area (Å²) >= 11 is 1.55. The molecule has 3 heterocycles. The number of aromatic nitrogens is 2. The SMILES string of the molecule is CN1/C(=C\C=C\c2c3[s+]c(-c4ccccc4)c(=O)n-3c3ccccc3n2C)C(C)(C)c2ccccc21.[O-][Cl+3]([O-])([O-])[O-]. The van der Waals surface area contributed by atoms with Gasteiger partial charge in [0, 0.05) is 36.5 Å². The summed E-state index contributed by atoms with van der Waals surface area (Å²) in [5.41, 5.74) is 7.66. The van der Waals surface area contributed by atoms with Gasteiger partial charge in [0.1, 0.15) is 5.69 Å². The number of allylic oxidation sites excluding steroid dienone is 3. The molecule has 8 nitrogen and oxygen atoms in total. The van der Waals surface area contributed by atoms with Crippen molar-refractivity contribution in [3.8, 4) is 15.4 Å². The molecule has 0 aliphatic carbocycles. The molecule has 0 N–H and O–H groups in total. The topological polar surface area (TPSA) is 122 Å². The Morgan fingerprint density at radius 2 is 1.41 bits per heavy atom. The predicted octanol–water partition coefficient (Wildman–Crippen LogP) is 2.35. The van der Waals surface area contributed by atoms with Crippen molar-refractivity contribution in [2.45, 2.75) is 19.3 Å². The van der Waals surface area contributed by atoms with Crippen LogP contribution in [0, 0.1) is 10.2 Å². The molecule has 0 spiro atoms. The van der Waals surface area contributed by atoms with Crippen LogP contribution in [-0.2, 0) is 12.5 Å². The molecule has 0 radical (unpaired) electrons. The summed E-state index contributed by atoms with van der Waals surface area (Å²) in [5, 5.41) is 0.942. The second kappa shape index (κ2) is 10.9. The molecule has 0 saturated heterocycles. The number of nitrogens with zero attached hydrogens (tertiary/aromatic N) is 3. The second-order valence-corrected chi connectivity index (χ2v) is 11.9. The van der Waals surface area contributed by atoms with Gasteiger partial charge in [0.05, 0.1) is 11.0 Å². The fourth-order valence-corrected chi connectivity index (χ4v) is 6.67. The maximum Gasteiger partial charge on any atom is 0.336 e. The number of hydrogen-bond acceptors (Lipinski definition) is 6. The molecule has 3 aliphatic rings. The molecule has 0 aromatic heterocycles. The molecule has 0 bridgehead atoms. The van der Waals surface area contributed by atoms with E-state index in [1.807, 2.05) is 53.1 Å². The van der Waals surface area contributed by atoms with Gasteiger partial charge in [0.15, 0.2) is 0 Å². The lowest BCUT2D eigenvalue weighted by atomic mass is 9.84. The van der Waals surface area contributed by atoms with E-state index in [9.17, 15) is 4.79 Å². The van der Waals surface area contributed by atoms with Gasteiger partial charge in [-0.2, -0.15) is 0 Å². The van der Waals surface area contributed by atoms with Crippen molar-refractivity contribution >= 4 is 34.1 Å². The van der Waals surface area contributed by atoms with E-state index in [4.69, 9.17) is 18.6 Å². The van der Waals surface area contributed by atoms with Gasteiger partial charge in [0.2, 0.25) is 0 Å². The highest BCUT2D eigenvalue weighted by molar-refractivity contribution is 7.18. The smallest absolute Gasteiger partial charge is 0.336 e. The Morgan fingerprint density at radius 3 is 2.07 bits per heavy atom. The van der Waals surface area contributed by atoms with Crippen LogP contribution in [0.5, 0.6) is 0 Å². The third-order valence-electron chi connectivity index (χ3n) is 7.35. The Morgan fingerprint density at radius 1 is 0.829 bits per heavy atom. The van der Waals surface area contributed by atoms with Gasteiger partial charge >= 0.3 is 15.4 Å². The Balaban J connectivity index is 0.000000623. The Bertz CT molecular complexity index is 1810. The van der Waals surface area contributed by atoms with Crippen LogP contribution in [0.4, 0.5) is 5.69 Å². The summed E-state index contributed by atoms with van der Waals surface area (Å²) in [5.74, 6) is 0. The highest BCUT2D eigenvalue weighted by Crippen LogP contribution is 2.46. The maximum atomic E-state index is 13.7. The zero-order chi connectivity index (χ0) is 29.5. The standard InChI is InChI=1S/C31H28N3OS.ClHO4/c1-31(2)22-15-8-9-16-23(22)33(4)27(31)20-12-19-26-30-34(25-18-11-10-17-24(25)32(26)3)29(35)28(36-30)21-13-6-5-7-14-21;2-1(3,4)5/h5-20H,1-4H3;(H,2,3,4,5)/q+1;/p-1/b19-12+,27-20-;. The zero-order valence-corrected chi connectivity index (χ0v) is 24.5. The molecular weight excluding hydrogens is 562 g/mol. The number of rotatable bonds is 3. The van der Waals surface area contributed by atoms with Gasteiger partial charge < -0.3 is 9.47 Å². The minimum absolute atomic E-state index is 0.0260. The monoisotopic (exact) mass is 589 g/mol. The third-order valence-corrected chi connectivity index (χ3v) is 8.55. The number of para-hydroxylation sites is 3. The van der Waals surface area contributed by atoms with Crippen LogP contribution in [-0.4, -0.2) is 16.2 Å². The first-order valence-electron chi connectivity index (χ1n) is 12.7. The normalized spacial score (nSPS) is 15.5. The van der Waals surface area contributed by atoms with Crippen LogP contribution in [0.1, 0.15) is 25.1 Å². The molecule has 3 aromatic carbocycles. The predicted molar refractivity (Wildman–Crippen MR) is 152 cm³/mol. The van der Waals surface area contributed by atoms with Gasteiger partial charge in [-0.25, -0.2) is 23.2 Å². The molecule has 3 aromatic rings. The second-order valence-electron chi connectivity index (χ2n) is 10.2. The fourth-order valence-electron chi connectivity index (χ4n) is 5.46. The molecule has 210 valence electrons. The molecule has 0 fully saturated rings. The number of aryl methyl sites for hydroxylation is 1. The van der Waals surface area contributed by atoms with Crippen molar-refractivity contribution in [2.75, 3.05) is 11.9 Å². The number of likely N-dealkylation sites (N-methyl/N-ethyl adjacent to an activating group) is 1. The summed E-state index contributed by atoms with van der Waals surface area (Å²) in [4.78, 5) is 16.7. The quantitative estimate of drug-likeness (QED) is 0.298. The molecule has 0 atom stereocenters. The van der Waals surface area contributed by atoms with E-state index >= 15 is 0 Å². The zero-order valence-electron chi connectivity index (χ0n) is 22.9. The van der Waals surface area contributed by atoms with E-state index < -0.39 is 10.2 Å². The molecule has 0 unspecified atom stereocenters. The van der Waals surface area contributed by atoms with Crippen LogP contribution < -0.4 is 29.1 Å². The molecular formula is C31H28ClN3O5S. The maximum absolute atomic E-state index is 13.7. The summed E-state index contributed by atoms with van der Waals surface area (Å²) in [6.07, 6.45) is 6.46. The minimum atomic E-state index is -4.94. The van der Waals surface area contributed by atoms with E-state index in [-0.39, 0.29) is 11.0 Å². The first-order valence-corrected chi connectivity index (χ1v) is 14.8. The average molecular weight is 590 g/mol. The number of thiazole rings is 1. The van der Waals surface area contributed by atoms with Gasteiger partial charge in [-0.1, -0.05) is 68.5 Å². The highest BCUT2D eigenvalue weighted by atomic mass is 35.7. The van der Waals surface area contributed by atoms with Crippen LogP contribution in [0.15, 0.2) is 102 Å². The molecule has 41 heavy (non-hydrogen) atoms. The van der Waals surface area contributed by atoms with Crippen molar-refractivity contribution in [2.24, 2.45) is 7.05 Å². The number of benzene rings is 3. The van der Waals surface area contributed by atoms with E-state index in [0.29, 0.717) is 0 Å². The largest absolute Gasteiger partial charge is 0.347 e. The van der Waals surface area contributed by atoms with Crippen molar-refractivity contribution in [3.05, 3.63) is 118 Å². The lowest BCUT2D eigenvalue weighted by molar-refractivity contribution is -2.00. The Labute approximate surface area is 243 Å². The molecule has 10 heteroatoms. The number of halogens is 1. The lowest BCUT2D eigenvalue weighted by Gasteiger charge is -2.23. The molecule has 3 aliphatic heterocycles. The molecule has 0 saturated carbocycles. The molecule has 6 rings (SSSR count). The summed E-state index contributed by atoms with van der Waals surface area (Å²) in [7, 11) is -0.741. The third kappa shape index (κ3) is 5.43. The van der Waals surface area contributed by atoms with Crippen molar-refractivity contribution < 1.29 is 28.9 Å². The van der Waals surface area contributed by atoms with Crippen molar-refractivity contribution in [1.82, 2.24) is 9.13 Å². The Hall–Kier alpha value is -3.83. The summed E-state index contributed by atoms with van der Waals surface area (Å²) in [6, 6.07) is 26.6. The first kappa shape index (κ1) is 28.7. The molecule has 0 amide bonds. The number of anilines is 1. The van der Waals surface area contributed by atoms with Gasteiger partial charge in [-0.05, 0) is 48.0 Å². The minimum Gasteiger partial charge on any atom is -0.347 e. The first-order chi connectivity index (χ1) is 19.4. The van der Waals surface area contributed by atoms with E-state index in [2.05, 4.69) is 86.0 Å². The van der Waals surface area contributed by atoms with Crippen LogP contribution in [0.3, 0.4) is 0 Å². The van der Waals surface area contributed by atoms with Crippen molar-refractivity contribution in [3.63, 3.8) is 0 Å². The number of hydrogen-bond donors (Lipinski definition) is 0. The average Bonchev–Trinajstić information content (AvgIpc) is 3.37.